The van der Waals surface area contributed by atoms with Crippen molar-refractivity contribution in [2.24, 2.45) is 22.2 Å². The fourth-order valence-corrected chi connectivity index (χ4v) is 7.63. The number of fused-ring (bicyclic) bond motifs is 1. The number of ether oxygens (including phenoxy) is 2. The van der Waals surface area contributed by atoms with Crippen molar-refractivity contribution in [3.8, 4) is 5.75 Å². The van der Waals surface area contributed by atoms with Crippen molar-refractivity contribution in [3.63, 3.8) is 0 Å². The number of likely N-dealkylation sites (tertiary alicyclic amines) is 1. The third kappa shape index (κ3) is 4.00. The third-order valence-corrected chi connectivity index (χ3v) is 9.80. The Morgan fingerprint density at radius 2 is 1.87 bits per heavy atom. The molecule has 0 unspecified atom stereocenters. The van der Waals surface area contributed by atoms with E-state index in [0.717, 1.165) is 36.3 Å². The van der Waals surface area contributed by atoms with Crippen LogP contribution >= 0.6 is 0 Å². The summed E-state index contributed by atoms with van der Waals surface area (Å²) < 4.78 is 12.5. The normalized spacial score (nSPS) is 33.0. The van der Waals surface area contributed by atoms with Crippen LogP contribution in [-0.2, 0) is 16.1 Å². The lowest BCUT2D eigenvalue weighted by molar-refractivity contribution is -0.156. The van der Waals surface area contributed by atoms with E-state index in [1.807, 2.05) is 35.2 Å². The second-order valence-electron chi connectivity index (χ2n) is 11.7. The summed E-state index contributed by atoms with van der Waals surface area (Å²) in [4.78, 5) is 26.2. The van der Waals surface area contributed by atoms with Gasteiger partial charge in [0, 0.05) is 31.3 Å². The second kappa shape index (κ2) is 9.96. The van der Waals surface area contributed by atoms with Gasteiger partial charge in [-0.05, 0) is 72.9 Å². The summed E-state index contributed by atoms with van der Waals surface area (Å²) in [5, 5.41) is 0. The zero-order chi connectivity index (χ0) is 26.3. The molecule has 2 bridgehead atoms. The Balaban J connectivity index is 1.46. The summed E-state index contributed by atoms with van der Waals surface area (Å²) in [6, 6.07) is 12.3. The lowest BCUT2D eigenvalue weighted by Crippen LogP contribution is -2.53. The minimum atomic E-state index is -0.805. The number of carbonyl (C=O) groups is 1. The molecule has 0 radical (unpaired) electrons. The molecule has 1 spiro atoms. The van der Waals surface area contributed by atoms with Crippen molar-refractivity contribution in [1.82, 2.24) is 9.88 Å². The second-order valence-corrected chi connectivity index (χ2v) is 11.7. The monoisotopic (exact) mass is 513 g/mol. The molecule has 1 saturated heterocycles. The van der Waals surface area contributed by atoms with E-state index in [1.165, 1.54) is 24.8 Å². The van der Waals surface area contributed by atoms with Crippen LogP contribution in [0, 0.1) is 17.3 Å². The highest BCUT2D eigenvalue weighted by Crippen LogP contribution is 2.61. The first-order chi connectivity index (χ1) is 18.5. The molecule has 1 aromatic heterocycles. The summed E-state index contributed by atoms with van der Waals surface area (Å²) >= 11 is 0. The number of benzene rings is 1. The summed E-state index contributed by atoms with van der Waals surface area (Å²) in [6.45, 7) is 6.85. The quantitative estimate of drug-likeness (QED) is 0.409. The molecule has 1 amide bonds. The van der Waals surface area contributed by atoms with Crippen LogP contribution in [0.3, 0.4) is 0 Å². The highest BCUT2D eigenvalue weighted by atomic mass is 16.6. The predicted molar refractivity (Wildman–Crippen MR) is 148 cm³/mol. The lowest BCUT2D eigenvalue weighted by Gasteiger charge is -2.40. The molecule has 2 aromatic rings. The number of amides is 1. The molecule has 200 valence electrons. The Kier molecular flexibility index (Phi) is 6.63. The summed E-state index contributed by atoms with van der Waals surface area (Å²) in [5.74, 6) is 1.67. The average molecular weight is 514 g/mol. The molecule has 2 aliphatic heterocycles. The SMILES string of the molecule is C=CC[C@]12C[C@@]3(O[C@H](C4CCCCC4)N=C3C[C@H](c3ccc(OC)cc3)[C@H]1C)N(Cc1ccncc1)C2=O. The fraction of sp³-hybridized carbons (Fsp3) is 0.531. The molecule has 5 atom stereocenters. The van der Waals surface area contributed by atoms with E-state index in [4.69, 9.17) is 14.5 Å². The number of nitrogens with zero attached hydrogens (tertiary/aromatic N) is 3. The maximum atomic E-state index is 14.7. The van der Waals surface area contributed by atoms with Crippen molar-refractivity contribution >= 4 is 11.6 Å². The van der Waals surface area contributed by atoms with Crippen molar-refractivity contribution in [3.05, 3.63) is 72.6 Å². The average Bonchev–Trinajstić information content (AvgIpc) is 3.40. The number of methoxy groups -OCH3 is 1. The van der Waals surface area contributed by atoms with Gasteiger partial charge in [-0.25, -0.2) is 0 Å². The Morgan fingerprint density at radius 1 is 1.13 bits per heavy atom. The minimum Gasteiger partial charge on any atom is -0.497 e. The van der Waals surface area contributed by atoms with Crippen molar-refractivity contribution in [2.45, 2.75) is 82.7 Å². The van der Waals surface area contributed by atoms with E-state index < -0.39 is 11.1 Å². The van der Waals surface area contributed by atoms with Gasteiger partial charge in [-0.3, -0.25) is 14.8 Å². The van der Waals surface area contributed by atoms with Gasteiger partial charge >= 0.3 is 0 Å². The maximum Gasteiger partial charge on any atom is 0.232 e. The first kappa shape index (κ1) is 25.3. The number of aromatic nitrogens is 1. The molecule has 6 nitrogen and oxygen atoms in total. The molecular weight excluding hydrogens is 474 g/mol. The van der Waals surface area contributed by atoms with Crippen molar-refractivity contribution < 1.29 is 14.3 Å². The van der Waals surface area contributed by atoms with E-state index in [-0.39, 0.29) is 24.0 Å². The Bertz CT molecular complexity index is 1210. The van der Waals surface area contributed by atoms with Gasteiger partial charge in [0.2, 0.25) is 5.91 Å². The molecule has 38 heavy (non-hydrogen) atoms. The lowest BCUT2D eigenvalue weighted by atomic mass is 9.66. The summed E-state index contributed by atoms with van der Waals surface area (Å²) in [7, 11) is 1.69. The molecular formula is C32H39N3O3. The zero-order valence-corrected chi connectivity index (χ0v) is 22.6. The third-order valence-electron chi connectivity index (χ3n) is 9.80. The van der Waals surface area contributed by atoms with E-state index in [9.17, 15) is 4.79 Å². The van der Waals surface area contributed by atoms with Gasteiger partial charge in [-0.1, -0.05) is 44.4 Å². The minimum absolute atomic E-state index is 0.0886. The van der Waals surface area contributed by atoms with Gasteiger partial charge in [-0.2, -0.15) is 0 Å². The molecule has 6 heteroatoms. The molecule has 3 fully saturated rings. The largest absolute Gasteiger partial charge is 0.497 e. The van der Waals surface area contributed by atoms with Crippen LogP contribution in [-0.4, -0.2) is 40.6 Å². The molecule has 3 heterocycles. The van der Waals surface area contributed by atoms with E-state index in [2.05, 4.69) is 30.6 Å². The van der Waals surface area contributed by atoms with Crippen LogP contribution < -0.4 is 4.74 Å². The number of hydrogen-bond donors (Lipinski definition) is 0. The van der Waals surface area contributed by atoms with Gasteiger partial charge in [0.05, 0.1) is 18.2 Å². The smallest absolute Gasteiger partial charge is 0.232 e. The van der Waals surface area contributed by atoms with E-state index in [1.54, 1.807) is 19.5 Å². The number of allylic oxidation sites excluding steroid dienone is 1. The summed E-state index contributed by atoms with van der Waals surface area (Å²) in [6.07, 6.45) is 13.4. The molecule has 2 saturated carbocycles. The highest BCUT2D eigenvalue weighted by Gasteiger charge is 2.69. The molecule has 2 aliphatic carbocycles. The van der Waals surface area contributed by atoms with Crippen molar-refractivity contribution in [2.75, 3.05) is 7.11 Å². The summed E-state index contributed by atoms with van der Waals surface area (Å²) in [5.41, 5.74) is 1.93. The molecule has 1 aromatic carbocycles. The van der Waals surface area contributed by atoms with Crippen LogP contribution in [0.4, 0.5) is 0 Å². The van der Waals surface area contributed by atoms with Gasteiger partial charge < -0.3 is 14.4 Å². The molecule has 6 rings (SSSR count). The van der Waals surface area contributed by atoms with Crippen LogP contribution in [0.5, 0.6) is 5.75 Å². The maximum absolute atomic E-state index is 14.7. The first-order valence-corrected chi connectivity index (χ1v) is 14.2. The Morgan fingerprint density at radius 3 is 2.55 bits per heavy atom. The molecule has 4 aliphatic rings. The Hall–Kier alpha value is -2.99. The topological polar surface area (TPSA) is 64.0 Å². The predicted octanol–water partition coefficient (Wildman–Crippen LogP) is 6.28. The fourth-order valence-electron chi connectivity index (χ4n) is 7.63. The van der Waals surface area contributed by atoms with Gasteiger partial charge in [0.15, 0.2) is 12.0 Å². The Labute approximate surface area is 226 Å². The molecule has 0 N–H and O–H groups in total. The van der Waals surface area contributed by atoms with Crippen molar-refractivity contribution in [1.29, 1.82) is 0 Å². The number of hydrogen-bond acceptors (Lipinski definition) is 5. The van der Waals surface area contributed by atoms with Gasteiger partial charge in [-0.15, -0.1) is 6.58 Å². The van der Waals surface area contributed by atoms with Gasteiger partial charge in [0.1, 0.15) is 5.75 Å². The number of aliphatic imine (C=N–C) groups is 1. The van der Waals surface area contributed by atoms with Crippen LogP contribution in [0.1, 0.15) is 75.3 Å². The van der Waals surface area contributed by atoms with Crippen LogP contribution in [0.2, 0.25) is 0 Å². The van der Waals surface area contributed by atoms with Crippen LogP contribution in [0.25, 0.3) is 0 Å². The zero-order valence-electron chi connectivity index (χ0n) is 22.6. The number of pyridine rings is 1. The number of rotatable bonds is 7. The first-order valence-electron chi connectivity index (χ1n) is 14.2. The standard InChI is InChI=1S/C32H39N3O3/c1-4-16-31-21-32(35(30(31)36)20-23-14-17-33-18-15-23)28(34-29(38-32)25-8-6-5-7-9-25)19-27(22(31)2)24-10-12-26(37-3)13-11-24/h4,10-15,17-18,22,25,27,29H,1,5-9,16,19-21H2,2-3H3/t22-,27+,29-,31+,32+/m1/s1. The number of carbonyl (C=O) groups excluding carboxylic acids is 1. The van der Waals surface area contributed by atoms with E-state index in [0.29, 0.717) is 25.3 Å². The van der Waals surface area contributed by atoms with Crippen LogP contribution in [0.15, 0.2) is 66.4 Å². The van der Waals surface area contributed by atoms with Gasteiger partial charge in [0.25, 0.3) is 0 Å². The highest BCUT2D eigenvalue weighted by molar-refractivity contribution is 6.02. The van der Waals surface area contributed by atoms with E-state index >= 15 is 0 Å².